The standard InChI is InChI=1S/C47H59N13O6S/c1-9-58-25-52-56-43(58)34-11-10-12-37(53-34)60-24-33-32(45(60)65)18-38(57(8)27(2)3)54-35(33)20-48-21-39(62)49-22-40(63)55-42(47(5,6)7)46(66)59-23-31(61)17-36(59)44(64)50-19-29-13-15-30(16-14-29)41-28(4)51-26-67-41/h10-16,18,25-27,31,36,42,48,61H,9,17,19-24H2,1-8H3,(H,49,62)(H,50,64)(H,55,63)/t31-,36+,42-/m1/s1. The van der Waals surface area contributed by atoms with E-state index in [1.54, 1.807) is 61.0 Å². The van der Waals surface area contributed by atoms with Gasteiger partial charge in [0.2, 0.25) is 23.6 Å². The van der Waals surface area contributed by atoms with Crippen LogP contribution in [-0.2, 0) is 45.4 Å². The second-order valence-electron chi connectivity index (χ2n) is 18.2. The third-order valence-electron chi connectivity index (χ3n) is 12.1. The van der Waals surface area contributed by atoms with Gasteiger partial charge in [-0.05, 0) is 62.4 Å². The lowest BCUT2D eigenvalue weighted by molar-refractivity contribution is -0.144. The first-order valence-electron chi connectivity index (χ1n) is 22.4. The quantitative estimate of drug-likeness (QED) is 0.0903. The average Bonchev–Trinajstić information content (AvgIpc) is 4.12. The number of pyridine rings is 2. The van der Waals surface area contributed by atoms with Crippen LogP contribution in [0, 0.1) is 12.3 Å². The number of likely N-dealkylation sites (tertiary alicyclic amines) is 1. The molecule has 1 saturated heterocycles. The van der Waals surface area contributed by atoms with E-state index in [9.17, 15) is 29.1 Å². The number of aliphatic hydroxyl groups is 1. The van der Waals surface area contributed by atoms with Gasteiger partial charge in [-0.2, -0.15) is 0 Å². The van der Waals surface area contributed by atoms with Crippen LogP contribution in [0.5, 0.6) is 0 Å². The predicted molar refractivity (Wildman–Crippen MR) is 254 cm³/mol. The van der Waals surface area contributed by atoms with Crippen molar-refractivity contribution in [3.63, 3.8) is 0 Å². The highest BCUT2D eigenvalue weighted by Crippen LogP contribution is 2.33. The van der Waals surface area contributed by atoms with Crippen molar-refractivity contribution in [2.75, 3.05) is 36.5 Å². The number of hydrogen-bond acceptors (Lipinski definition) is 14. The van der Waals surface area contributed by atoms with Gasteiger partial charge in [-0.25, -0.2) is 15.0 Å². The van der Waals surface area contributed by atoms with Gasteiger partial charge < -0.3 is 40.7 Å². The van der Waals surface area contributed by atoms with E-state index in [1.807, 2.05) is 80.6 Å². The van der Waals surface area contributed by atoms with Crippen molar-refractivity contribution in [1.82, 2.24) is 55.9 Å². The monoisotopic (exact) mass is 933 g/mol. The van der Waals surface area contributed by atoms with Gasteiger partial charge in [0, 0.05) is 51.3 Å². The van der Waals surface area contributed by atoms with E-state index in [0.717, 1.165) is 21.7 Å². The van der Waals surface area contributed by atoms with Gasteiger partial charge in [-0.15, -0.1) is 21.5 Å². The fourth-order valence-corrected chi connectivity index (χ4v) is 8.85. The molecular formula is C47H59N13O6S. The normalized spacial score (nSPS) is 16.3. The minimum Gasteiger partial charge on any atom is -0.391 e. The summed E-state index contributed by atoms with van der Waals surface area (Å²) in [7, 11) is 1.90. The second-order valence-corrected chi connectivity index (χ2v) is 19.0. The molecule has 1 fully saturated rings. The maximum atomic E-state index is 14.1. The van der Waals surface area contributed by atoms with Gasteiger partial charge in [0.25, 0.3) is 5.91 Å². The molecule has 19 nitrogen and oxygen atoms in total. The highest BCUT2D eigenvalue weighted by atomic mass is 32.1. The number of amides is 5. The summed E-state index contributed by atoms with van der Waals surface area (Å²) in [6.45, 7) is 13.9. The molecule has 2 aliphatic heterocycles. The molecule has 5 N–H and O–H groups in total. The Morgan fingerprint density at radius 3 is 2.45 bits per heavy atom. The summed E-state index contributed by atoms with van der Waals surface area (Å²) in [6, 6.07) is 13.1. The maximum absolute atomic E-state index is 14.1. The van der Waals surface area contributed by atoms with Crippen LogP contribution in [0.4, 0.5) is 11.6 Å². The number of aliphatic hydroxyl groups excluding tert-OH is 1. The molecule has 4 aromatic heterocycles. The number of carbonyl (C=O) groups is 5. The number of thiazole rings is 1. The Kier molecular flexibility index (Phi) is 14.8. The Morgan fingerprint density at radius 2 is 1.76 bits per heavy atom. The van der Waals surface area contributed by atoms with E-state index in [0.29, 0.717) is 46.5 Å². The van der Waals surface area contributed by atoms with E-state index in [2.05, 4.69) is 36.4 Å². The smallest absolute Gasteiger partial charge is 0.260 e. The third-order valence-corrected chi connectivity index (χ3v) is 13.0. The molecule has 2 aliphatic rings. The number of fused-ring (bicyclic) bond motifs is 1. The molecule has 5 amide bonds. The lowest BCUT2D eigenvalue weighted by Gasteiger charge is -2.35. The van der Waals surface area contributed by atoms with E-state index in [1.165, 1.54) is 4.90 Å². The zero-order chi connectivity index (χ0) is 48.2. The predicted octanol–water partition coefficient (Wildman–Crippen LogP) is 3.21. The number of β-amino-alcohol motifs (C(OH)–C–C–N with tert-alkyl or cyclic N) is 1. The van der Waals surface area contributed by atoms with Crippen LogP contribution >= 0.6 is 11.3 Å². The molecule has 3 atom stereocenters. The van der Waals surface area contributed by atoms with Crippen LogP contribution in [-0.4, -0.2) is 120 Å². The van der Waals surface area contributed by atoms with Gasteiger partial charge in [0.05, 0.1) is 53.1 Å². The molecule has 0 unspecified atom stereocenters. The summed E-state index contributed by atoms with van der Waals surface area (Å²) in [5.41, 5.74) is 6.22. The number of nitrogens with one attached hydrogen (secondary N) is 4. The van der Waals surface area contributed by atoms with Crippen molar-refractivity contribution in [1.29, 1.82) is 0 Å². The number of aryl methyl sites for hydroxylation is 2. The van der Waals surface area contributed by atoms with Crippen LogP contribution in [0.15, 0.2) is 60.4 Å². The number of nitrogens with zero attached hydrogens (tertiary/aromatic N) is 9. The van der Waals surface area contributed by atoms with Gasteiger partial charge in [-0.3, -0.25) is 28.9 Å². The molecule has 354 valence electrons. The Balaban J connectivity index is 0.944. The zero-order valence-corrected chi connectivity index (χ0v) is 40.0. The maximum Gasteiger partial charge on any atom is 0.260 e. The molecule has 20 heteroatoms. The van der Waals surface area contributed by atoms with Crippen LogP contribution in [0.1, 0.15) is 80.8 Å². The van der Waals surface area contributed by atoms with Crippen LogP contribution in [0.3, 0.4) is 0 Å². The number of rotatable bonds is 17. The first kappa shape index (κ1) is 48.3. The Bertz CT molecular complexity index is 2620. The van der Waals surface area contributed by atoms with Crippen LogP contribution in [0.2, 0.25) is 0 Å². The van der Waals surface area contributed by atoms with E-state index < -0.39 is 53.8 Å². The van der Waals surface area contributed by atoms with Crippen molar-refractivity contribution in [3.05, 3.63) is 88.4 Å². The molecule has 0 aliphatic carbocycles. The largest absolute Gasteiger partial charge is 0.391 e. The van der Waals surface area contributed by atoms with E-state index >= 15 is 0 Å². The second kappa shape index (κ2) is 20.5. The van der Waals surface area contributed by atoms with Crippen molar-refractivity contribution in [3.8, 4) is 22.0 Å². The van der Waals surface area contributed by atoms with Crippen LogP contribution < -0.4 is 31.1 Å². The molecule has 7 rings (SSSR count). The summed E-state index contributed by atoms with van der Waals surface area (Å²) < 4.78 is 1.87. The van der Waals surface area contributed by atoms with Gasteiger partial charge in [-0.1, -0.05) is 51.1 Å². The molecule has 0 spiro atoms. The van der Waals surface area contributed by atoms with E-state index in [4.69, 9.17) is 9.97 Å². The fraction of sp³-hybridized carbons (Fsp3) is 0.447. The summed E-state index contributed by atoms with van der Waals surface area (Å²) in [5.74, 6) is -0.589. The molecular weight excluding hydrogens is 875 g/mol. The highest BCUT2D eigenvalue weighted by Gasteiger charge is 2.44. The van der Waals surface area contributed by atoms with Crippen molar-refractivity contribution in [2.45, 2.75) is 105 Å². The lowest BCUT2D eigenvalue weighted by atomic mass is 9.85. The van der Waals surface area contributed by atoms with Crippen molar-refractivity contribution < 1.29 is 29.1 Å². The van der Waals surface area contributed by atoms with Gasteiger partial charge >= 0.3 is 0 Å². The Labute approximate surface area is 393 Å². The number of hydrogen-bond donors (Lipinski definition) is 5. The Hall–Kier alpha value is -6.64. The SMILES string of the molecule is CCn1cnnc1-c1cccc(N2Cc3c(cc(N(C)C(C)C)nc3CNCC(=O)NCC(=O)N[C@H](C(=O)N3C[C@H](O)C[C@H]3C(=O)NCc3ccc(-c4scnc4C)cc3)C(C)(C)C)C2=O)n1. The number of aromatic nitrogens is 6. The third kappa shape index (κ3) is 11.0. The van der Waals surface area contributed by atoms with Gasteiger partial charge in [0.1, 0.15) is 35.7 Å². The van der Waals surface area contributed by atoms with Gasteiger partial charge in [0.15, 0.2) is 5.82 Å². The van der Waals surface area contributed by atoms with E-state index in [-0.39, 0.29) is 51.1 Å². The first-order valence-corrected chi connectivity index (χ1v) is 23.3. The van der Waals surface area contributed by atoms with Crippen molar-refractivity contribution >= 4 is 52.5 Å². The van der Waals surface area contributed by atoms with Crippen molar-refractivity contribution in [2.24, 2.45) is 5.41 Å². The molecule has 0 radical (unpaired) electrons. The molecule has 1 aromatic carbocycles. The Morgan fingerprint density at radius 1 is 1.00 bits per heavy atom. The first-order chi connectivity index (χ1) is 31.9. The number of anilines is 2. The molecule has 0 bridgehead atoms. The van der Waals surface area contributed by atoms with Crippen LogP contribution in [0.25, 0.3) is 22.0 Å². The number of benzene rings is 1. The average molecular weight is 934 g/mol. The minimum atomic E-state index is -1.07. The fourth-order valence-electron chi connectivity index (χ4n) is 8.04. The summed E-state index contributed by atoms with van der Waals surface area (Å²) in [4.78, 5) is 88.1. The number of carbonyl (C=O) groups excluding carboxylic acids is 5. The molecule has 0 saturated carbocycles. The lowest BCUT2D eigenvalue weighted by Crippen LogP contribution is -2.58. The summed E-state index contributed by atoms with van der Waals surface area (Å²) in [6.07, 6.45) is 0.763. The molecule has 5 aromatic rings. The zero-order valence-electron chi connectivity index (χ0n) is 39.2. The molecule has 6 heterocycles. The highest BCUT2D eigenvalue weighted by molar-refractivity contribution is 7.13. The summed E-state index contributed by atoms with van der Waals surface area (Å²) >= 11 is 1.56. The topological polar surface area (TPSA) is 233 Å². The minimum absolute atomic E-state index is 0.0521. The summed E-state index contributed by atoms with van der Waals surface area (Å²) in [5, 5.41) is 30.3. The molecule has 67 heavy (non-hydrogen) atoms.